The molecule has 2 fully saturated rings. The van der Waals surface area contributed by atoms with E-state index in [4.69, 9.17) is 11.6 Å². The lowest BCUT2D eigenvalue weighted by molar-refractivity contribution is -0.133. The van der Waals surface area contributed by atoms with Gasteiger partial charge in [0.2, 0.25) is 5.24 Å². The Balaban J connectivity index is 1.99. The number of nitrogens with zero attached hydrogens (tertiary/aromatic N) is 2. The normalized spacial score (nSPS) is 30.3. The zero-order valence-electron chi connectivity index (χ0n) is 9.12. The quantitative estimate of drug-likeness (QED) is 0.678. The Kier molecular flexibility index (Phi) is 4.00. The highest BCUT2D eigenvalue weighted by Crippen LogP contribution is 2.23. The average molecular weight is 231 g/mol. The summed E-state index contributed by atoms with van der Waals surface area (Å²) in [5.41, 5.74) is 0. The van der Waals surface area contributed by atoms with E-state index in [1.807, 2.05) is 0 Å². The maximum Gasteiger partial charge on any atom is 0.240 e. The van der Waals surface area contributed by atoms with Crippen molar-refractivity contribution in [1.82, 2.24) is 10.0 Å². The Morgan fingerprint density at radius 1 is 1.00 bits per heavy atom. The number of carbonyl (C=O) groups is 1. The molecule has 0 amide bonds. The van der Waals surface area contributed by atoms with Gasteiger partial charge in [-0.15, -0.1) is 0 Å². The molecule has 0 radical (unpaired) electrons. The second kappa shape index (κ2) is 5.28. The molecule has 2 heterocycles. The van der Waals surface area contributed by atoms with Crippen LogP contribution in [-0.4, -0.2) is 40.9 Å². The van der Waals surface area contributed by atoms with Crippen molar-refractivity contribution in [2.45, 2.75) is 44.6 Å². The Labute approximate surface area is 96.3 Å². The molecule has 0 aliphatic carbocycles. The van der Waals surface area contributed by atoms with E-state index < -0.39 is 0 Å². The molecule has 2 saturated heterocycles. The number of rotatable bonds is 2. The molecule has 0 aromatic rings. The van der Waals surface area contributed by atoms with Crippen molar-refractivity contribution in [2.75, 3.05) is 19.6 Å². The van der Waals surface area contributed by atoms with Crippen molar-refractivity contribution < 1.29 is 4.79 Å². The fraction of sp³-hybridized carbons (Fsp3) is 0.909. The summed E-state index contributed by atoms with van der Waals surface area (Å²) in [6.45, 7) is 3.20. The fourth-order valence-corrected chi connectivity index (χ4v) is 2.84. The third-order valence-corrected chi connectivity index (χ3v) is 3.68. The number of carbonyl (C=O) groups excluding carboxylic acids is 1. The van der Waals surface area contributed by atoms with E-state index in [0.29, 0.717) is 0 Å². The van der Waals surface area contributed by atoms with E-state index in [0.717, 1.165) is 32.5 Å². The van der Waals surface area contributed by atoms with Gasteiger partial charge < -0.3 is 0 Å². The van der Waals surface area contributed by atoms with Crippen molar-refractivity contribution in [3.8, 4) is 0 Å². The van der Waals surface area contributed by atoms with Crippen LogP contribution in [0.2, 0.25) is 0 Å². The summed E-state index contributed by atoms with van der Waals surface area (Å²) in [7, 11) is 0. The van der Waals surface area contributed by atoms with E-state index in [2.05, 4.69) is 10.0 Å². The van der Waals surface area contributed by atoms with Crippen LogP contribution < -0.4 is 0 Å². The summed E-state index contributed by atoms with van der Waals surface area (Å²) in [4.78, 5) is 11.3. The van der Waals surface area contributed by atoms with Crippen molar-refractivity contribution >= 4 is 16.8 Å². The van der Waals surface area contributed by atoms with Crippen LogP contribution in [0.4, 0.5) is 0 Å². The third-order valence-electron chi connectivity index (χ3n) is 3.43. The maximum atomic E-state index is 11.3. The highest BCUT2D eigenvalue weighted by Gasteiger charge is 2.31. The number of piperidine rings is 2. The van der Waals surface area contributed by atoms with Gasteiger partial charge in [-0.25, -0.2) is 10.0 Å². The lowest BCUT2D eigenvalue weighted by Gasteiger charge is -2.43. The topological polar surface area (TPSA) is 23.6 Å². The molecule has 0 aromatic carbocycles. The van der Waals surface area contributed by atoms with Gasteiger partial charge in [-0.3, -0.25) is 4.79 Å². The van der Waals surface area contributed by atoms with Gasteiger partial charge in [-0.2, -0.15) is 0 Å². The van der Waals surface area contributed by atoms with Gasteiger partial charge >= 0.3 is 0 Å². The van der Waals surface area contributed by atoms with E-state index in [-0.39, 0.29) is 11.3 Å². The maximum absolute atomic E-state index is 11.3. The van der Waals surface area contributed by atoms with E-state index >= 15 is 0 Å². The van der Waals surface area contributed by atoms with Crippen LogP contribution in [0.15, 0.2) is 0 Å². The summed E-state index contributed by atoms with van der Waals surface area (Å²) >= 11 is 5.66. The number of halogens is 1. The Morgan fingerprint density at radius 3 is 2.33 bits per heavy atom. The summed E-state index contributed by atoms with van der Waals surface area (Å²) in [6.07, 6.45) is 7.08. The van der Waals surface area contributed by atoms with Gasteiger partial charge in [0.1, 0.15) is 0 Å². The summed E-state index contributed by atoms with van der Waals surface area (Å²) in [5, 5.41) is 4.38. The summed E-state index contributed by atoms with van der Waals surface area (Å²) < 4.78 is 0. The van der Waals surface area contributed by atoms with Gasteiger partial charge in [-0.1, -0.05) is 12.8 Å². The first-order valence-corrected chi connectivity index (χ1v) is 6.37. The first kappa shape index (κ1) is 11.4. The monoisotopic (exact) mass is 230 g/mol. The van der Waals surface area contributed by atoms with Crippen molar-refractivity contribution in [3.05, 3.63) is 0 Å². The van der Waals surface area contributed by atoms with Crippen LogP contribution in [0.5, 0.6) is 0 Å². The molecular formula is C11H19ClN2O. The second-order valence-corrected chi connectivity index (χ2v) is 4.87. The zero-order chi connectivity index (χ0) is 10.7. The minimum Gasteiger partial charge on any atom is -0.279 e. The molecule has 1 unspecified atom stereocenters. The lowest BCUT2D eigenvalue weighted by Crippen LogP contribution is -2.54. The van der Waals surface area contributed by atoms with Gasteiger partial charge in [0.15, 0.2) is 0 Å². The molecule has 0 aromatic heterocycles. The van der Waals surface area contributed by atoms with Gasteiger partial charge in [-0.05, 0) is 37.3 Å². The molecule has 1 atom stereocenters. The van der Waals surface area contributed by atoms with Gasteiger partial charge in [0.05, 0.1) is 6.04 Å². The predicted octanol–water partition coefficient (Wildman–Crippen LogP) is 2.01. The number of hydrogen-bond acceptors (Lipinski definition) is 3. The average Bonchev–Trinajstić information content (AvgIpc) is 2.30. The molecular weight excluding hydrogens is 212 g/mol. The Bertz CT molecular complexity index is 229. The molecule has 3 nitrogen and oxygen atoms in total. The molecule has 0 bridgehead atoms. The molecule has 0 spiro atoms. The number of hydrazine groups is 1. The van der Waals surface area contributed by atoms with Crippen LogP contribution in [0.3, 0.4) is 0 Å². The highest BCUT2D eigenvalue weighted by molar-refractivity contribution is 6.64. The minimum atomic E-state index is -0.180. The molecule has 86 valence electrons. The summed E-state index contributed by atoms with van der Waals surface area (Å²) in [5.74, 6) is 0. The van der Waals surface area contributed by atoms with E-state index in [1.165, 1.54) is 25.7 Å². The van der Waals surface area contributed by atoms with Crippen LogP contribution >= 0.6 is 11.6 Å². The first-order valence-electron chi connectivity index (χ1n) is 6.00. The standard InChI is InChI=1S/C11H19ClN2O/c12-11(15)10-6-2-5-9-14(10)13-7-3-1-4-8-13/h10H,1-9H2. The van der Waals surface area contributed by atoms with Crippen molar-refractivity contribution in [3.63, 3.8) is 0 Å². The Morgan fingerprint density at radius 2 is 1.67 bits per heavy atom. The zero-order valence-corrected chi connectivity index (χ0v) is 9.88. The third kappa shape index (κ3) is 2.71. The minimum absolute atomic E-state index is 0.0569. The van der Waals surface area contributed by atoms with Gasteiger partial charge in [0, 0.05) is 19.6 Å². The molecule has 2 rings (SSSR count). The molecule has 0 N–H and O–H groups in total. The fourth-order valence-electron chi connectivity index (χ4n) is 2.62. The highest BCUT2D eigenvalue weighted by atomic mass is 35.5. The predicted molar refractivity (Wildman–Crippen MR) is 60.6 cm³/mol. The first-order chi connectivity index (χ1) is 7.29. The van der Waals surface area contributed by atoms with Crippen LogP contribution in [0.25, 0.3) is 0 Å². The van der Waals surface area contributed by atoms with E-state index in [9.17, 15) is 4.79 Å². The van der Waals surface area contributed by atoms with Gasteiger partial charge in [0.25, 0.3) is 0 Å². The van der Waals surface area contributed by atoms with Crippen molar-refractivity contribution in [1.29, 1.82) is 0 Å². The largest absolute Gasteiger partial charge is 0.279 e. The molecule has 15 heavy (non-hydrogen) atoms. The Hall–Kier alpha value is -0.120. The van der Waals surface area contributed by atoms with Crippen LogP contribution in [0, 0.1) is 0 Å². The molecule has 0 saturated carbocycles. The SMILES string of the molecule is O=C(Cl)C1CCCCN1N1CCCCC1. The smallest absolute Gasteiger partial charge is 0.240 e. The molecule has 2 aliphatic heterocycles. The van der Waals surface area contributed by atoms with Crippen LogP contribution in [0.1, 0.15) is 38.5 Å². The van der Waals surface area contributed by atoms with Crippen molar-refractivity contribution in [2.24, 2.45) is 0 Å². The lowest BCUT2D eigenvalue weighted by atomic mass is 10.0. The summed E-state index contributed by atoms with van der Waals surface area (Å²) in [6, 6.07) is -0.0569. The van der Waals surface area contributed by atoms with Crippen LogP contribution in [-0.2, 0) is 4.79 Å². The molecule has 2 aliphatic rings. The molecule has 4 heteroatoms. The second-order valence-electron chi connectivity index (χ2n) is 4.49. The number of hydrogen-bond donors (Lipinski definition) is 0. The van der Waals surface area contributed by atoms with E-state index in [1.54, 1.807) is 0 Å².